The highest BCUT2D eigenvalue weighted by molar-refractivity contribution is 5.75. The molecule has 0 radical (unpaired) electrons. The van der Waals surface area contributed by atoms with Crippen molar-refractivity contribution in [3.63, 3.8) is 0 Å². The van der Waals surface area contributed by atoms with Gasteiger partial charge in [-0.15, -0.1) is 0 Å². The van der Waals surface area contributed by atoms with Gasteiger partial charge in [-0.3, -0.25) is 4.79 Å². The van der Waals surface area contributed by atoms with E-state index in [2.05, 4.69) is 22.6 Å². The number of carbonyl (C=O) groups excluding carboxylic acids is 1. The van der Waals surface area contributed by atoms with Gasteiger partial charge in [-0.25, -0.2) is 0 Å². The zero-order valence-electron chi connectivity index (χ0n) is 12.5. The van der Waals surface area contributed by atoms with Gasteiger partial charge >= 0.3 is 0 Å². The molecule has 2 rings (SSSR count). The maximum absolute atomic E-state index is 11.8. The number of nitrogens with one attached hydrogen (secondary N) is 2. The molecule has 2 aliphatic rings. The van der Waals surface area contributed by atoms with E-state index in [0.29, 0.717) is 11.8 Å². The first-order chi connectivity index (χ1) is 9.13. The summed E-state index contributed by atoms with van der Waals surface area (Å²) in [4.78, 5) is 14.2. The fourth-order valence-electron chi connectivity index (χ4n) is 3.16. The third-order valence-corrected chi connectivity index (χ3v) is 4.67. The molecule has 0 spiro atoms. The number of nitrogens with zero attached hydrogens (tertiary/aromatic N) is 1. The molecule has 19 heavy (non-hydrogen) atoms. The van der Waals surface area contributed by atoms with Gasteiger partial charge in [-0.05, 0) is 58.7 Å². The number of carbonyl (C=O) groups is 1. The van der Waals surface area contributed by atoms with Gasteiger partial charge in [0.15, 0.2) is 0 Å². The summed E-state index contributed by atoms with van der Waals surface area (Å²) in [5.74, 6) is 1.06. The van der Waals surface area contributed by atoms with Gasteiger partial charge in [0.1, 0.15) is 0 Å². The Morgan fingerprint density at radius 2 is 2.16 bits per heavy atom. The lowest BCUT2D eigenvalue weighted by molar-refractivity contribution is -0.121. The maximum atomic E-state index is 11.8. The van der Waals surface area contributed by atoms with Gasteiger partial charge in [-0.2, -0.15) is 0 Å². The van der Waals surface area contributed by atoms with Gasteiger partial charge in [0.2, 0.25) is 5.91 Å². The molecule has 1 saturated carbocycles. The third-order valence-electron chi connectivity index (χ3n) is 4.67. The Labute approximate surface area is 117 Å². The van der Waals surface area contributed by atoms with Crippen LogP contribution in [0.4, 0.5) is 0 Å². The molecular weight excluding hydrogens is 238 g/mol. The molecule has 2 N–H and O–H groups in total. The first kappa shape index (κ1) is 14.8. The lowest BCUT2D eigenvalue weighted by Gasteiger charge is -2.15. The van der Waals surface area contributed by atoms with Crippen LogP contribution in [0.1, 0.15) is 38.5 Å². The van der Waals surface area contributed by atoms with Crippen molar-refractivity contribution in [2.24, 2.45) is 11.3 Å². The van der Waals surface area contributed by atoms with Crippen LogP contribution in [0.25, 0.3) is 0 Å². The summed E-state index contributed by atoms with van der Waals surface area (Å²) >= 11 is 0. The van der Waals surface area contributed by atoms with E-state index in [4.69, 9.17) is 0 Å². The molecule has 0 bridgehead atoms. The minimum Gasteiger partial charge on any atom is -0.355 e. The average molecular weight is 267 g/mol. The minimum absolute atomic E-state index is 0.244. The molecule has 4 heteroatoms. The van der Waals surface area contributed by atoms with E-state index in [1.165, 1.54) is 38.8 Å². The molecule has 1 aliphatic carbocycles. The highest BCUT2D eigenvalue weighted by Crippen LogP contribution is 2.44. The lowest BCUT2D eigenvalue weighted by Crippen LogP contribution is -2.34. The van der Waals surface area contributed by atoms with Crippen molar-refractivity contribution in [2.45, 2.75) is 38.5 Å². The summed E-state index contributed by atoms with van der Waals surface area (Å²) in [5, 5.41) is 6.34. The van der Waals surface area contributed by atoms with Gasteiger partial charge < -0.3 is 15.5 Å². The van der Waals surface area contributed by atoms with Crippen molar-refractivity contribution >= 4 is 5.91 Å². The Hall–Kier alpha value is -0.610. The normalized spacial score (nSPS) is 25.5. The number of rotatable bonds is 8. The predicted octanol–water partition coefficient (Wildman–Crippen LogP) is 1.22. The summed E-state index contributed by atoms with van der Waals surface area (Å²) in [6.45, 7) is 4.33. The molecule has 4 nitrogen and oxygen atoms in total. The largest absolute Gasteiger partial charge is 0.355 e. The average Bonchev–Trinajstić information content (AvgIpc) is 3.02. The first-order valence-electron chi connectivity index (χ1n) is 7.73. The second kappa shape index (κ2) is 6.71. The number of amides is 1. The summed E-state index contributed by atoms with van der Waals surface area (Å²) in [6.07, 6.45) is 6.77. The quantitative estimate of drug-likeness (QED) is 0.695. The van der Waals surface area contributed by atoms with E-state index in [-0.39, 0.29) is 5.91 Å². The van der Waals surface area contributed by atoms with Gasteiger partial charge in [0.25, 0.3) is 0 Å². The zero-order valence-corrected chi connectivity index (χ0v) is 12.5. The van der Waals surface area contributed by atoms with Crippen LogP contribution >= 0.6 is 0 Å². The van der Waals surface area contributed by atoms with Crippen LogP contribution in [0, 0.1) is 11.3 Å². The molecule has 0 aromatic carbocycles. The number of hydrogen-bond acceptors (Lipinski definition) is 3. The molecule has 0 aromatic heterocycles. The van der Waals surface area contributed by atoms with Crippen molar-refractivity contribution < 1.29 is 4.79 Å². The molecule has 1 unspecified atom stereocenters. The Balaban J connectivity index is 1.53. The van der Waals surface area contributed by atoms with Crippen LogP contribution in [0.15, 0.2) is 0 Å². The summed E-state index contributed by atoms with van der Waals surface area (Å²) in [6, 6.07) is 0. The molecule has 1 heterocycles. The molecule has 2 fully saturated rings. The zero-order chi connectivity index (χ0) is 13.7. The molecule has 1 saturated heterocycles. The van der Waals surface area contributed by atoms with Gasteiger partial charge in [-0.1, -0.05) is 0 Å². The van der Waals surface area contributed by atoms with E-state index in [9.17, 15) is 4.79 Å². The molecular formula is C15H29N3O. The van der Waals surface area contributed by atoms with E-state index in [0.717, 1.165) is 25.4 Å². The van der Waals surface area contributed by atoms with Crippen molar-refractivity contribution in [3.05, 3.63) is 0 Å². The molecule has 110 valence electrons. The molecule has 1 amide bonds. The number of hydrogen-bond donors (Lipinski definition) is 2. The van der Waals surface area contributed by atoms with Crippen LogP contribution in [0.5, 0.6) is 0 Å². The molecule has 1 aliphatic heterocycles. The van der Waals surface area contributed by atoms with E-state index >= 15 is 0 Å². The van der Waals surface area contributed by atoms with Gasteiger partial charge in [0, 0.05) is 31.5 Å². The Morgan fingerprint density at radius 3 is 2.74 bits per heavy atom. The van der Waals surface area contributed by atoms with E-state index in [1.54, 1.807) is 0 Å². The monoisotopic (exact) mass is 267 g/mol. The van der Waals surface area contributed by atoms with Crippen LogP contribution in [-0.2, 0) is 4.79 Å². The van der Waals surface area contributed by atoms with Gasteiger partial charge in [0.05, 0.1) is 0 Å². The predicted molar refractivity (Wildman–Crippen MR) is 78.1 cm³/mol. The fourth-order valence-corrected chi connectivity index (χ4v) is 3.16. The van der Waals surface area contributed by atoms with E-state index < -0.39 is 0 Å². The van der Waals surface area contributed by atoms with Crippen molar-refractivity contribution in [1.82, 2.24) is 15.5 Å². The second-order valence-corrected chi connectivity index (χ2v) is 6.62. The van der Waals surface area contributed by atoms with Crippen LogP contribution < -0.4 is 10.6 Å². The minimum atomic E-state index is 0.244. The van der Waals surface area contributed by atoms with Crippen molar-refractivity contribution in [3.8, 4) is 0 Å². The van der Waals surface area contributed by atoms with Crippen LogP contribution in [-0.4, -0.2) is 51.1 Å². The lowest BCUT2D eigenvalue weighted by atomic mass is 10.0. The summed E-state index contributed by atoms with van der Waals surface area (Å²) in [7, 11) is 4.17. The molecule has 0 aromatic rings. The second-order valence-electron chi connectivity index (χ2n) is 6.62. The Kier molecular flexibility index (Phi) is 5.22. The van der Waals surface area contributed by atoms with E-state index in [1.807, 2.05) is 7.05 Å². The topological polar surface area (TPSA) is 44.4 Å². The van der Waals surface area contributed by atoms with Crippen molar-refractivity contribution in [1.29, 1.82) is 0 Å². The Morgan fingerprint density at radius 1 is 1.37 bits per heavy atom. The highest BCUT2D eigenvalue weighted by atomic mass is 16.1. The molecule has 1 atom stereocenters. The maximum Gasteiger partial charge on any atom is 0.220 e. The fraction of sp³-hybridized carbons (Fsp3) is 0.933. The number of likely N-dealkylation sites (tertiary alicyclic amines) is 1. The van der Waals surface area contributed by atoms with Crippen LogP contribution in [0.2, 0.25) is 0 Å². The summed E-state index contributed by atoms with van der Waals surface area (Å²) in [5.41, 5.74) is 0.374. The highest BCUT2D eigenvalue weighted by Gasteiger charge is 2.41. The first-order valence-corrected chi connectivity index (χ1v) is 7.73. The summed E-state index contributed by atoms with van der Waals surface area (Å²) < 4.78 is 0. The Bertz CT molecular complexity index is 302. The standard InChI is InChI=1S/C15H29N3O/c1-16-11-15(7-8-15)12-17-14(19)5-3-4-13-6-9-18(2)10-13/h13,16H,3-12H2,1-2H3,(H,17,19). The smallest absolute Gasteiger partial charge is 0.220 e. The SMILES string of the molecule is CNCC1(CNC(=O)CCCC2CCN(C)C2)CC1. The van der Waals surface area contributed by atoms with Crippen molar-refractivity contribution in [2.75, 3.05) is 40.3 Å². The van der Waals surface area contributed by atoms with Crippen LogP contribution in [0.3, 0.4) is 0 Å². The third kappa shape index (κ3) is 4.77.